The Hall–Kier alpha value is -1.55. The molecular weight excluding hydrogens is 254 g/mol. The van der Waals surface area contributed by atoms with E-state index in [1.807, 2.05) is 52.0 Å². The van der Waals surface area contributed by atoms with Crippen LogP contribution in [0.1, 0.15) is 39.7 Å². The Kier molecular flexibility index (Phi) is 6.52. The van der Waals surface area contributed by atoms with Crippen LogP contribution in [-0.4, -0.2) is 23.2 Å². The second-order valence-electron chi connectivity index (χ2n) is 5.68. The van der Waals surface area contributed by atoms with Gasteiger partial charge >= 0.3 is 5.97 Å². The summed E-state index contributed by atoms with van der Waals surface area (Å²) in [5.74, 6) is 0.343. The molecule has 1 aromatic carbocycles. The van der Waals surface area contributed by atoms with Gasteiger partial charge in [0.1, 0.15) is 11.8 Å². The first-order chi connectivity index (χ1) is 9.40. The molecule has 20 heavy (non-hydrogen) atoms. The molecule has 1 aromatic rings. The van der Waals surface area contributed by atoms with Gasteiger partial charge in [0.05, 0.1) is 6.10 Å². The van der Waals surface area contributed by atoms with Crippen molar-refractivity contribution in [2.24, 2.45) is 5.92 Å². The Morgan fingerprint density at radius 3 is 2.45 bits per heavy atom. The molecule has 0 radical (unpaired) electrons. The van der Waals surface area contributed by atoms with Crippen LogP contribution in [0.15, 0.2) is 24.3 Å². The minimum absolute atomic E-state index is 0.0992. The first kappa shape index (κ1) is 16.5. The number of ether oxygens (including phenoxy) is 1. The van der Waals surface area contributed by atoms with Crippen LogP contribution < -0.4 is 10.1 Å². The van der Waals surface area contributed by atoms with Crippen molar-refractivity contribution < 1.29 is 14.6 Å². The quantitative estimate of drug-likeness (QED) is 0.768. The third-order valence-electron chi connectivity index (χ3n) is 2.88. The predicted octanol–water partition coefficient (Wildman–Crippen LogP) is 3.06. The molecule has 0 saturated heterocycles. The fraction of sp³-hybridized carbons (Fsp3) is 0.562. The van der Waals surface area contributed by atoms with Crippen molar-refractivity contribution in [1.82, 2.24) is 5.32 Å². The lowest BCUT2D eigenvalue weighted by atomic mass is 10.0. The molecule has 112 valence electrons. The summed E-state index contributed by atoms with van der Waals surface area (Å²) in [5.41, 5.74) is 0.983. The summed E-state index contributed by atoms with van der Waals surface area (Å²) in [4.78, 5) is 11.2. The number of hydrogen-bond acceptors (Lipinski definition) is 3. The molecule has 1 atom stereocenters. The summed E-state index contributed by atoms with van der Waals surface area (Å²) in [6, 6.07) is 7.20. The van der Waals surface area contributed by atoms with E-state index in [4.69, 9.17) is 4.74 Å². The maximum Gasteiger partial charge on any atom is 0.320 e. The van der Waals surface area contributed by atoms with Crippen molar-refractivity contribution in [2.45, 2.75) is 52.8 Å². The second-order valence-corrected chi connectivity index (χ2v) is 5.68. The third kappa shape index (κ3) is 5.61. The minimum Gasteiger partial charge on any atom is -0.491 e. The zero-order valence-electron chi connectivity index (χ0n) is 12.7. The van der Waals surface area contributed by atoms with E-state index in [1.165, 1.54) is 0 Å². The summed E-state index contributed by atoms with van der Waals surface area (Å²) in [6.45, 7) is 8.49. The van der Waals surface area contributed by atoms with Gasteiger partial charge in [-0.2, -0.15) is 0 Å². The first-order valence-corrected chi connectivity index (χ1v) is 7.11. The second kappa shape index (κ2) is 7.90. The van der Waals surface area contributed by atoms with Gasteiger partial charge in [0.2, 0.25) is 0 Å². The monoisotopic (exact) mass is 279 g/mol. The molecular formula is C16H25NO3. The zero-order valence-corrected chi connectivity index (χ0v) is 12.7. The van der Waals surface area contributed by atoms with E-state index in [0.29, 0.717) is 18.9 Å². The Balaban J connectivity index is 2.70. The summed E-state index contributed by atoms with van der Waals surface area (Å²) in [6.07, 6.45) is 0.713. The lowest BCUT2D eigenvalue weighted by Gasteiger charge is -2.18. The van der Waals surface area contributed by atoms with E-state index in [9.17, 15) is 9.90 Å². The fourth-order valence-corrected chi connectivity index (χ4v) is 1.99. The largest absolute Gasteiger partial charge is 0.491 e. The van der Waals surface area contributed by atoms with E-state index in [2.05, 4.69) is 5.32 Å². The lowest BCUT2D eigenvalue weighted by molar-refractivity contribution is -0.140. The van der Waals surface area contributed by atoms with Crippen molar-refractivity contribution >= 4 is 5.97 Å². The van der Waals surface area contributed by atoms with Crippen molar-refractivity contribution in [1.29, 1.82) is 0 Å². The average molecular weight is 279 g/mol. The molecule has 0 aliphatic heterocycles. The van der Waals surface area contributed by atoms with Crippen LogP contribution in [0, 0.1) is 5.92 Å². The van der Waals surface area contributed by atoms with Gasteiger partial charge in [0.25, 0.3) is 0 Å². The van der Waals surface area contributed by atoms with Gasteiger partial charge in [-0.25, -0.2) is 0 Å². The van der Waals surface area contributed by atoms with Crippen LogP contribution in [-0.2, 0) is 11.3 Å². The number of para-hydroxylation sites is 1. The number of carboxylic acids is 1. The van der Waals surface area contributed by atoms with Crippen molar-refractivity contribution in [3.63, 3.8) is 0 Å². The van der Waals surface area contributed by atoms with E-state index in [-0.39, 0.29) is 6.10 Å². The van der Waals surface area contributed by atoms with Gasteiger partial charge in [-0.1, -0.05) is 32.0 Å². The van der Waals surface area contributed by atoms with Gasteiger partial charge in [-0.3, -0.25) is 4.79 Å². The van der Waals surface area contributed by atoms with E-state index < -0.39 is 12.0 Å². The van der Waals surface area contributed by atoms with Gasteiger partial charge in [-0.15, -0.1) is 0 Å². The first-order valence-electron chi connectivity index (χ1n) is 7.11. The molecule has 4 heteroatoms. The summed E-state index contributed by atoms with van der Waals surface area (Å²) >= 11 is 0. The molecule has 2 N–H and O–H groups in total. The number of carboxylic acid groups (broad SMARTS) is 1. The topological polar surface area (TPSA) is 58.6 Å². The highest BCUT2D eigenvalue weighted by atomic mass is 16.5. The highest BCUT2D eigenvalue weighted by Gasteiger charge is 2.18. The van der Waals surface area contributed by atoms with Crippen LogP contribution in [0.25, 0.3) is 0 Å². The van der Waals surface area contributed by atoms with E-state index >= 15 is 0 Å². The summed E-state index contributed by atoms with van der Waals surface area (Å²) in [5, 5.41) is 12.3. The van der Waals surface area contributed by atoms with Crippen molar-refractivity contribution in [3.8, 4) is 5.75 Å². The SMILES string of the molecule is CC(C)CC(NCc1ccccc1OC(C)C)C(=O)O. The average Bonchev–Trinajstić information content (AvgIpc) is 2.34. The zero-order chi connectivity index (χ0) is 15.1. The highest BCUT2D eigenvalue weighted by Crippen LogP contribution is 2.19. The Morgan fingerprint density at radius 1 is 1.25 bits per heavy atom. The fourth-order valence-electron chi connectivity index (χ4n) is 1.99. The highest BCUT2D eigenvalue weighted by molar-refractivity contribution is 5.73. The summed E-state index contributed by atoms with van der Waals surface area (Å²) < 4.78 is 5.73. The molecule has 4 nitrogen and oxygen atoms in total. The van der Waals surface area contributed by atoms with Crippen LogP contribution in [0.4, 0.5) is 0 Å². The number of aliphatic carboxylic acids is 1. The van der Waals surface area contributed by atoms with Crippen LogP contribution >= 0.6 is 0 Å². The maximum absolute atomic E-state index is 11.2. The minimum atomic E-state index is -0.805. The number of rotatable bonds is 8. The Morgan fingerprint density at radius 2 is 1.90 bits per heavy atom. The molecule has 1 rings (SSSR count). The van der Waals surface area contributed by atoms with Gasteiger partial charge < -0.3 is 15.2 Å². The Labute approximate surface area is 121 Å². The van der Waals surface area contributed by atoms with Gasteiger partial charge in [-0.05, 0) is 32.3 Å². The van der Waals surface area contributed by atoms with E-state index in [0.717, 1.165) is 11.3 Å². The molecule has 0 fully saturated rings. The Bertz CT molecular complexity index is 429. The molecule has 0 saturated carbocycles. The molecule has 0 aliphatic rings. The molecule has 0 amide bonds. The smallest absolute Gasteiger partial charge is 0.320 e. The third-order valence-corrected chi connectivity index (χ3v) is 2.88. The molecule has 0 bridgehead atoms. The lowest BCUT2D eigenvalue weighted by Crippen LogP contribution is -2.37. The van der Waals surface area contributed by atoms with Gasteiger partial charge in [0, 0.05) is 12.1 Å². The number of carbonyl (C=O) groups is 1. The van der Waals surface area contributed by atoms with E-state index in [1.54, 1.807) is 0 Å². The number of hydrogen-bond donors (Lipinski definition) is 2. The normalized spacial score (nSPS) is 12.7. The molecule has 0 heterocycles. The number of benzene rings is 1. The molecule has 1 unspecified atom stereocenters. The standard InChI is InChI=1S/C16H25NO3/c1-11(2)9-14(16(18)19)17-10-13-7-5-6-8-15(13)20-12(3)4/h5-8,11-12,14,17H,9-10H2,1-4H3,(H,18,19). The predicted molar refractivity (Wildman–Crippen MR) is 79.9 cm³/mol. The maximum atomic E-state index is 11.2. The van der Waals surface area contributed by atoms with Crippen LogP contribution in [0.2, 0.25) is 0 Å². The molecule has 0 aliphatic carbocycles. The van der Waals surface area contributed by atoms with Crippen LogP contribution in [0.3, 0.4) is 0 Å². The molecule has 0 aromatic heterocycles. The van der Waals surface area contributed by atoms with Crippen molar-refractivity contribution in [2.75, 3.05) is 0 Å². The number of nitrogens with one attached hydrogen (secondary N) is 1. The van der Waals surface area contributed by atoms with Crippen molar-refractivity contribution in [3.05, 3.63) is 29.8 Å². The van der Waals surface area contributed by atoms with Gasteiger partial charge in [0.15, 0.2) is 0 Å². The molecule has 0 spiro atoms. The summed E-state index contributed by atoms with van der Waals surface area (Å²) in [7, 11) is 0. The van der Waals surface area contributed by atoms with Crippen LogP contribution in [0.5, 0.6) is 5.75 Å².